The fourth-order valence-electron chi connectivity index (χ4n) is 3.30. The molecule has 1 spiro atoms. The second-order valence-electron chi connectivity index (χ2n) is 5.93. The Morgan fingerprint density at radius 1 is 1.04 bits per heavy atom. The van der Waals surface area contributed by atoms with Crippen molar-refractivity contribution in [3.63, 3.8) is 0 Å². The molecule has 0 atom stereocenters. The lowest BCUT2D eigenvalue weighted by atomic mass is 10.0. The fraction of sp³-hybridized carbons (Fsp3) is 0.389. The van der Waals surface area contributed by atoms with E-state index in [1.54, 1.807) is 0 Å². The van der Waals surface area contributed by atoms with Gasteiger partial charge in [-0.2, -0.15) is 0 Å². The smallest absolute Gasteiger partial charge is 0.264 e. The zero-order valence-electron chi connectivity index (χ0n) is 12.9. The zero-order chi connectivity index (χ0) is 15.7. The first kappa shape index (κ1) is 14.9. The summed E-state index contributed by atoms with van der Waals surface area (Å²) in [4.78, 5) is 15.7. The van der Waals surface area contributed by atoms with E-state index in [0.717, 1.165) is 28.8 Å². The van der Waals surface area contributed by atoms with Crippen molar-refractivity contribution >= 4 is 17.2 Å². The highest BCUT2D eigenvalue weighted by Gasteiger charge is 2.41. The van der Waals surface area contributed by atoms with Gasteiger partial charge in [-0.3, -0.25) is 4.79 Å². The highest BCUT2D eigenvalue weighted by Crippen LogP contribution is 2.34. The molecule has 0 bridgehead atoms. The molecular formula is C18H19NO3S. The maximum Gasteiger partial charge on any atom is 0.264 e. The molecule has 0 saturated carbocycles. The predicted molar refractivity (Wildman–Crippen MR) is 89.5 cm³/mol. The lowest BCUT2D eigenvalue weighted by molar-refractivity contribution is -0.181. The minimum Gasteiger partial charge on any atom is -0.347 e. The van der Waals surface area contributed by atoms with Gasteiger partial charge < -0.3 is 14.4 Å². The molecule has 5 heteroatoms. The quantitative estimate of drug-likeness (QED) is 0.848. The summed E-state index contributed by atoms with van der Waals surface area (Å²) in [5.74, 6) is -0.319. The molecule has 2 fully saturated rings. The molecule has 23 heavy (non-hydrogen) atoms. The number of hydrogen-bond donors (Lipinski definition) is 0. The number of carbonyl (C=O) groups excluding carboxylic acids is 1. The molecule has 4 rings (SSSR count). The highest BCUT2D eigenvalue weighted by molar-refractivity contribution is 7.12. The highest BCUT2D eigenvalue weighted by atomic mass is 32.1. The molecule has 2 aliphatic rings. The lowest BCUT2D eigenvalue weighted by Crippen LogP contribution is -2.47. The first-order valence-electron chi connectivity index (χ1n) is 7.98. The molecule has 2 aliphatic heterocycles. The van der Waals surface area contributed by atoms with Gasteiger partial charge in [-0.25, -0.2) is 0 Å². The monoisotopic (exact) mass is 329 g/mol. The summed E-state index contributed by atoms with van der Waals surface area (Å²) < 4.78 is 11.5. The van der Waals surface area contributed by atoms with Crippen molar-refractivity contribution < 1.29 is 14.3 Å². The van der Waals surface area contributed by atoms with Crippen LogP contribution in [0.2, 0.25) is 0 Å². The number of ether oxygens (including phenoxy) is 2. The number of hydrogen-bond acceptors (Lipinski definition) is 4. The average Bonchev–Trinajstić information content (AvgIpc) is 3.26. The second-order valence-corrected chi connectivity index (χ2v) is 6.85. The zero-order valence-corrected chi connectivity index (χ0v) is 13.7. The van der Waals surface area contributed by atoms with Gasteiger partial charge in [-0.05, 0) is 17.0 Å². The minimum absolute atomic E-state index is 0.117. The molecule has 120 valence electrons. The second kappa shape index (κ2) is 6.07. The third kappa shape index (κ3) is 2.80. The lowest BCUT2D eigenvalue weighted by Gasteiger charge is -2.37. The predicted octanol–water partition coefficient (Wildman–Crippen LogP) is 3.39. The third-order valence-corrected chi connectivity index (χ3v) is 5.47. The number of piperidine rings is 1. The van der Waals surface area contributed by atoms with E-state index in [1.807, 2.05) is 46.7 Å². The molecule has 0 N–H and O–H groups in total. The summed E-state index contributed by atoms with van der Waals surface area (Å²) >= 11 is 1.52. The number of likely N-dealkylation sites (tertiary alicyclic amines) is 1. The van der Waals surface area contributed by atoms with E-state index in [1.165, 1.54) is 11.3 Å². The van der Waals surface area contributed by atoms with Gasteiger partial charge in [-0.1, -0.05) is 30.3 Å². The van der Waals surface area contributed by atoms with Gasteiger partial charge in [0.25, 0.3) is 5.91 Å². The van der Waals surface area contributed by atoms with Crippen molar-refractivity contribution in [1.29, 1.82) is 0 Å². The largest absolute Gasteiger partial charge is 0.347 e. The Morgan fingerprint density at radius 3 is 2.43 bits per heavy atom. The Bertz CT molecular complexity index is 681. The van der Waals surface area contributed by atoms with Gasteiger partial charge in [0, 0.05) is 31.5 Å². The summed E-state index contributed by atoms with van der Waals surface area (Å²) in [5, 5.41) is 1.99. The van der Waals surface area contributed by atoms with Gasteiger partial charge in [0.15, 0.2) is 5.79 Å². The van der Waals surface area contributed by atoms with Crippen molar-refractivity contribution in [2.75, 3.05) is 26.3 Å². The molecule has 3 heterocycles. The van der Waals surface area contributed by atoms with Gasteiger partial charge in [0.2, 0.25) is 0 Å². The summed E-state index contributed by atoms with van der Waals surface area (Å²) in [7, 11) is 0. The SMILES string of the molecule is O=C(c1sccc1-c1ccccc1)N1CCC2(CC1)OCCO2. The van der Waals surface area contributed by atoms with Gasteiger partial charge >= 0.3 is 0 Å². The van der Waals surface area contributed by atoms with Crippen molar-refractivity contribution in [3.05, 3.63) is 46.7 Å². The van der Waals surface area contributed by atoms with Crippen molar-refractivity contribution in [2.24, 2.45) is 0 Å². The van der Waals surface area contributed by atoms with Crippen LogP contribution in [0.15, 0.2) is 41.8 Å². The van der Waals surface area contributed by atoms with E-state index in [0.29, 0.717) is 26.3 Å². The van der Waals surface area contributed by atoms with Crippen LogP contribution < -0.4 is 0 Å². The van der Waals surface area contributed by atoms with Crippen LogP contribution in [0, 0.1) is 0 Å². The Labute approximate surface area is 139 Å². The number of benzene rings is 1. The molecule has 4 nitrogen and oxygen atoms in total. The molecule has 1 aromatic heterocycles. The van der Waals surface area contributed by atoms with Crippen LogP contribution in [0.4, 0.5) is 0 Å². The number of thiophene rings is 1. The topological polar surface area (TPSA) is 38.8 Å². The Balaban J connectivity index is 1.51. The number of nitrogens with zero attached hydrogens (tertiary/aromatic N) is 1. The molecule has 0 radical (unpaired) electrons. The van der Waals surface area contributed by atoms with Crippen LogP contribution in [0.3, 0.4) is 0 Å². The van der Waals surface area contributed by atoms with Crippen molar-refractivity contribution in [2.45, 2.75) is 18.6 Å². The molecule has 1 aromatic carbocycles. The van der Waals surface area contributed by atoms with E-state index in [9.17, 15) is 4.79 Å². The summed E-state index contributed by atoms with van der Waals surface area (Å²) in [6.07, 6.45) is 1.51. The van der Waals surface area contributed by atoms with E-state index >= 15 is 0 Å². The first-order valence-corrected chi connectivity index (χ1v) is 8.86. The van der Waals surface area contributed by atoms with E-state index in [4.69, 9.17) is 9.47 Å². The van der Waals surface area contributed by atoms with E-state index < -0.39 is 5.79 Å². The number of amides is 1. The van der Waals surface area contributed by atoms with Crippen LogP contribution >= 0.6 is 11.3 Å². The molecule has 2 aromatic rings. The van der Waals surface area contributed by atoms with Crippen LogP contribution in [0.25, 0.3) is 11.1 Å². The number of rotatable bonds is 2. The summed E-state index contributed by atoms with van der Waals surface area (Å²) in [6, 6.07) is 12.1. The Morgan fingerprint density at radius 2 is 1.74 bits per heavy atom. The van der Waals surface area contributed by atoms with Crippen LogP contribution in [0.1, 0.15) is 22.5 Å². The minimum atomic E-state index is -0.436. The van der Waals surface area contributed by atoms with Crippen LogP contribution in [-0.4, -0.2) is 42.9 Å². The third-order valence-electron chi connectivity index (χ3n) is 4.57. The number of carbonyl (C=O) groups is 1. The molecule has 1 amide bonds. The van der Waals surface area contributed by atoms with E-state index in [2.05, 4.69) is 0 Å². The van der Waals surface area contributed by atoms with Gasteiger partial charge in [0.05, 0.1) is 18.1 Å². The maximum atomic E-state index is 12.9. The molecule has 0 unspecified atom stereocenters. The summed E-state index contributed by atoms with van der Waals surface area (Å²) in [6.45, 7) is 2.70. The van der Waals surface area contributed by atoms with Crippen molar-refractivity contribution in [3.8, 4) is 11.1 Å². The van der Waals surface area contributed by atoms with Crippen LogP contribution in [0.5, 0.6) is 0 Å². The molecule has 2 saturated heterocycles. The standard InChI is InChI=1S/C18H19NO3S/c20-17(19-9-7-18(8-10-19)21-11-12-22-18)16-15(6-13-23-16)14-4-2-1-3-5-14/h1-6,13H,7-12H2. The fourth-order valence-corrected chi connectivity index (χ4v) is 4.18. The first-order chi connectivity index (χ1) is 11.3. The van der Waals surface area contributed by atoms with E-state index in [-0.39, 0.29) is 5.91 Å². The molecular weight excluding hydrogens is 310 g/mol. The van der Waals surface area contributed by atoms with Crippen LogP contribution in [-0.2, 0) is 9.47 Å². The Hall–Kier alpha value is -1.69. The molecule has 0 aliphatic carbocycles. The normalized spacial score (nSPS) is 20.1. The van der Waals surface area contributed by atoms with Gasteiger partial charge in [-0.15, -0.1) is 11.3 Å². The average molecular weight is 329 g/mol. The van der Waals surface area contributed by atoms with Gasteiger partial charge in [0.1, 0.15) is 0 Å². The Kier molecular flexibility index (Phi) is 3.93. The maximum absolute atomic E-state index is 12.9. The van der Waals surface area contributed by atoms with Crippen molar-refractivity contribution in [1.82, 2.24) is 4.90 Å². The summed E-state index contributed by atoms with van der Waals surface area (Å²) in [5.41, 5.74) is 2.11.